The smallest absolute Gasteiger partial charge is 0.0246 e. The summed E-state index contributed by atoms with van der Waals surface area (Å²) in [7, 11) is 0. The van der Waals surface area contributed by atoms with Crippen LogP contribution < -0.4 is 5.32 Å². The van der Waals surface area contributed by atoms with Gasteiger partial charge < -0.3 is 10.2 Å². The lowest BCUT2D eigenvalue weighted by Crippen LogP contribution is -2.54. The van der Waals surface area contributed by atoms with Crippen LogP contribution >= 0.6 is 11.8 Å². The maximum atomic E-state index is 3.71. The lowest BCUT2D eigenvalue weighted by Gasteiger charge is -2.42. The monoisotopic (exact) mass is 228 g/mol. The summed E-state index contributed by atoms with van der Waals surface area (Å²) in [6.07, 6.45) is 2.73. The molecular weight excluding hydrogens is 204 g/mol. The summed E-state index contributed by atoms with van der Waals surface area (Å²) in [6, 6.07) is 0.703. The summed E-state index contributed by atoms with van der Waals surface area (Å²) in [5.41, 5.74) is 0.489. The van der Waals surface area contributed by atoms with Gasteiger partial charge in [0.25, 0.3) is 0 Å². The summed E-state index contributed by atoms with van der Waals surface area (Å²) in [5, 5.41) is 3.71. The molecule has 88 valence electrons. The van der Waals surface area contributed by atoms with Crippen molar-refractivity contribution in [1.29, 1.82) is 0 Å². The molecule has 2 heterocycles. The molecule has 0 radical (unpaired) electrons. The quantitative estimate of drug-likeness (QED) is 0.776. The number of hydrogen-bond acceptors (Lipinski definition) is 3. The first-order chi connectivity index (χ1) is 7.18. The maximum Gasteiger partial charge on any atom is 0.0246 e. The zero-order chi connectivity index (χ0) is 10.7. The predicted octanol–water partition coefficient (Wildman–Crippen LogP) is 1.81. The Morgan fingerprint density at radius 2 is 2.07 bits per heavy atom. The zero-order valence-corrected chi connectivity index (χ0v) is 10.9. The molecule has 0 bridgehead atoms. The minimum atomic E-state index is 0.489. The highest BCUT2D eigenvalue weighted by Gasteiger charge is 2.33. The van der Waals surface area contributed by atoms with Crippen molar-refractivity contribution < 1.29 is 0 Å². The van der Waals surface area contributed by atoms with E-state index in [1.54, 1.807) is 0 Å². The fraction of sp³-hybridized carbons (Fsp3) is 1.00. The Bertz CT molecular complexity index is 200. The molecule has 3 heteroatoms. The van der Waals surface area contributed by atoms with E-state index in [1.807, 2.05) is 0 Å². The van der Waals surface area contributed by atoms with Gasteiger partial charge in [0.2, 0.25) is 0 Å². The van der Waals surface area contributed by atoms with Crippen molar-refractivity contribution in [3.8, 4) is 0 Å². The van der Waals surface area contributed by atoms with Crippen molar-refractivity contribution in [2.45, 2.75) is 32.7 Å². The molecule has 2 aliphatic heterocycles. The van der Waals surface area contributed by atoms with E-state index in [0.717, 1.165) is 0 Å². The van der Waals surface area contributed by atoms with Crippen LogP contribution in [0.15, 0.2) is 0 Å². The van der Waals surface area contributed by atoms with Gasteiger partial charge in [-0.2, -0.15) is 11.8 Å². The van der Waals surface area contributed by atoms with E-state index in [2.05, 4.69) is 35.8 Å². The highest BCUT2D eigenvalue weighted by molar-refractivity contribution is 7.99. The topological polar surface area (TPSA) is 15.3 Å². The second-order valence-electron chi connectivity index (χ2n) is 5.51. The highest BCUT2D eigenvalue weighted by Crippen LogP contribution is 2.30. The number of nitrogens with one attached hydrogen (secondary N) is 1. The number of piperidine rings is 1. The molecule has 0 aromatic heterocycles. The highest BCUT2D eigenvalue weighted by atomic mass is 32.2. The van der Waals surface area contributed by atoms with Gasteiger partial charge in [0.15, 0.2) is 0 Å². The molecular formula is C12H24N2S. The van der Waals surface area contributed by atoms with Crippen molar-refractivity contribution in [2.75, 3.05) is 37.7 Å². The van der Waals surface area contributed by atoms with Crippen molar-refractivity contribution in [3.05, 3.63) is 0 Å². The first kappa shape index (κ1) is 11.7. The van der Waals surface area contributed by atoms with Gasteiger partial charge >= 0.3 is 0 Å². The summed E-state index contributed by atoms with van der Waals surface area (Å²) >= 11 is 2.10. The molecule has 2 nitrogen and oxygen atoms in total. The largest absolute Gasteiger partial charge is 0.312 e. The van der Waals surface area contributed by atoms with Gasteiger partial charge in [-0.3, -0.25) is 0 Å². The lowest BCUT2D eigenvalue weighted by molar-refractivity contribution is 0.131. The van der Waals surface area contributed by atoms with Gasteiger partial charge in [-0.15, -0.1) is 0 Å². The second-order valence-corrected chi connectivity index (χ2v) is 6.74. The number of nitrogens with zero attached hydrogens (tertiary/aromatic N) is 1. The minimum absolute atomic E-state index is 0.489. The summed E-state index contributed by atoms with van der Waals surface area (Å²) in [5.74, 6) is 2.65. The molecule has 1 N–H and O–H groups in total. The molecule has 1 unspecified atom stereocenters. The molecule has 15 heavy (non-hydrogen) atoms. The van der Waals surface area contributed by atoms with Crippen LogP contribution in [0.1, 0.15) is 26.7 Å². The van der Waals surface area contributed by atoms with Crippen LogP contribution in [-0.2, 0) is 0 Å². The Labute approximate surface area is 98.2 Å². The molecule has 0 saturated carbocycles. The fourth-order valence-corrected chi connectivity index (χ4v) is 3.60. The van der Waals surface area contributed by atoms with Crippen LogP contribution in [0.2, 0.25) is 0 Å². The Balaban J connectivity index is 1.85. The van der Waals surface area contributed by atoms with E-state index >= 15 is 0 Å². The van der Waals surface area contributed by atoms with E-state index in [-0.39, 0.29) is 0 Å². The van der Waals surface area contributed by atoms with E-state index in [9.17, 15) is 0 Å². The average molecular weight is 228 g/mol. The first-order valence-corrected chi connectivity index (χ1v) is 7.37. The second kappa shape index (κ2) is 5.07. The third-order valence-electron chi connectivity index (χ3n) is 3.88. The van der Waals surface area contributed by atoms with Crippen molar-refractivity contribution in [2.24, 2.45) is 5.41 Å². The first-order valence-electron chi connectivity index (χ1n) is 6.22. The van der Waals surface area contributed by atoms with Crippen molar-refractivity contribution in [1.82, 2.24) is 10.2 Å². The van der Waals surface area contributed by atoms with Gasteiger partial charge in [0.05, 0.1) is 0 Å². The third-order valence-corrected chi connectivity index (χ3v) is 4.82. The molecule has 0 amide bonds. The van der Waals surface area contributed by atoms with Crippen LogP contribution in [0.4, 0.5) is 0 Å². The summed E-state index contributed by atoms with van der Waals surface area (Å²) < 4.78 is 0. The van der Waals surface area contributed by atoms with Crippen molar-refractivity contribution in [3.63, 3.8) is 0 Å². The number of hydrogen-bond donors (Lipinski definition) is 1. The molecule has 0 spiro atoms. The Morgan fingerprint density at radius 1 is 1.33 bits per heavy atom. The van der Waals surface area contributed by atoms with Crippen LogP contribution in [0, 0.1) is 5.41 Å². The van der Waals surface area contributed by atoms with Crippen LogP contribution in [0.3, 0.4) is 0 Å². The van der Waals surface area contributed by atoms with Crippen LogP contribution in [0.25, 0.3) is 0 Å². The predicted molar refractivity (Wildman–Crippen MR) is 68.6 cm³/mol. The Morgan fingerprint density at radius 3 is 2.73 bits per heavy atom. The van der Waals surface area contributed by atoms with Gasteiger partial charge in [-0.05, 0) is 24.8 Å². The van der Waals surface area contributed by atoms with E-state index in [0.29, 0.717) is 11.5 Å². The molecule has 0 aliphatic carbocycles. The molecule has 0 aromatic carbocycles. The third kappa shape index (κ3) is 3.11. The standard InChI is InChI=1S/C12H24N2S/c1-12(2)4-3-5-13-11(12)10-14-6-8-15-9-7-14/h11,13H,3-10H2,1-2H3. The van der Waals surface area contributed by atoms with E-state index < -0.39 is 0 Å². The SMILES string of the molecule is CC1(C)CCCNC1CN1CCSCC1. The molecule has 2 rings (SSSR count). The van der Waals surface area contributed by atoms with Crippen LogP contribution in [-0.4, -0.2) is 48.6 Å². The summed E-state index contributed by atoms with van der Waals surface area (Å²) in [6.45, 7) is 9.90. The average Bonchev–Trinajstić information content (AvgIpc) is 2.23. The van der Waals surface area contributed by atoms with E-state index in [4.69, 9.17) is 0 Å². The van der Waals surface area contributed by atoms with Gasteiger partial charge in [0.1, 0.15) is 0 Å². The number of rotatable bonds is 2. The summed E-state index contributed by atoms with van der Waals surface area (Å²) in [4.78, 5) is 2.64. The minimum Gasteiger partial charge on any atom is -0.312 e. The zero-order valence-electron chi connectivity index (χ0n) is 10.1. The molecule has 2 fully saturated rings. The number of thioether (sulfide) groups is 1. The Kier molecular flexibility index (Phi) is 3.97. The van der Waals surface area contributed by atoms with Gasteiger partial charge in [-0.1, -0.05) is 13.8 Å². The van der Waals surface area contributed by atoms with E-state index in [1.165, 1.54) is 50.5 Å². The molecule has 0 aromatic rings. The normalized spacial score (nSPS) is 32.8. The maximum absolute atomic E-state index is 3.71. The van der Waals surface area contributed by atoms with Crippen molar-refractivity contribution >= 4 is 11.8 Å². The fourth-order valence-electron chi connectivity index (χ4n) is 2.62. The Hall–Kier alpha value is 0.270. The molecule has 1 atom stereocenters. The lowest BCUT2D eigenvalue weighted by atomic mass is 9.77. The van der Waals surface area contributed by atoms with Crippen LogP contribution in [0.5, 0.6) is 0 Å². The molecule has 2 aliphatic rings. The van der Waals surface area contributed by atoms with Gasteiger partial charge in [0, 0.05) is 37.2 Å². The van der Waals surface area contributed by atoms with Gasteiger partial charge in [-0.25, -0.2) is 0 Å². The molecule has 2 saturated heterocycles.